The van der Waals surface area contributed by atoms with Crippen LogP contribution in [0.5, 0.6) is 0 Å². The first-order valence-corrected chi connectivity index (χ1v) is 12.6. The Bertz CT molecular complexity index is 1420. The van der Waals surface area contributed by atoms with E-state index in [1.54, 1.807) is 24.3 Å². The van der Waals surface area contributed by atoms with E-state index in [1.165, 1.54) is 15.6 Å². The number of likely N-dealkylation sites (N-methyl/N-ethyl adjacent to an activating group) is 1. The number of fused-ring (bicyclic) bond motifs is 2. The fourth-order valence-electron chi connectivity index (χ4n) is 3.88. The molecule has 1 saturated heterocycles. The topological polar surface area (TPSA) is 82.6 Å². The average Bonchev–Trinajstić information content (AvgIpc) is 3.20. The van der Waals surface area contributed by atoms with Crippen molar-refractivity contribution in [3.05, 3.63) is 66.2 Å². The normalized spacial score (nSPS) is 15.9. The molecule has 0 aliphatic carbocycles. The van der Waals surface area contributed by atoms with Gasteiger partial charge in [-0.1, -0.05) is 47.7 Å². The van der Waals surface area contributed by atoms with Gasteiger partial charge in [-0.15, -0.1) is 0 Å². The maximum Gasteiger partial charge on any atom is 0.258 e. The quantitative estimate of drug-likeness (QED) is 0.497. The largest absolute Gasteiger partial charge is 0.304 e. The number of aromatic nitrogens is 1. The first kappa shape index (κ1) is 21.0. The number of amides is 1. The molecule has 1 aromatic heterocycles. The fourth-order valence-corrected chi connectivity index (χ4v) is 6.31. The number of carbonyl (C=O) groups is 1. The van der Waals surface area contributed by atoms with Crippen LogP contribution in [0.2, 0.25) is 0 Å². The first-order chi connectivity index (χ1) is 15.4. The van der Waals surface area contributed by atoms with Crippen LogP contribution in [-0.4, -0.2) is 61.7 Å². The summed E-state index contributed by atoms with van der Waals surface area (Å²) in [6.07, 6.45) is 0. The molecule has 1 aliphatic rings. The monoisotopic (exact) mass is 466 g/mol. The van der Waals surface area contributed by atoms with Gasteiger partial charge in [-0.05, 0) is 42.1 Å². The third-order valence-corrected chi connectivity index (χ3v) is 8.54. The lowest BCUT2D eigenvalue weighted by molar-refractivity contribution is 0.102. The molecule has 1 fully saturated rings. The van der Waals surface area contributed by atoms with Crippen LogP contribution in [0.25, 0.3) is 21.0 Å². The van der Waals surface area contributed by atoms with Gasteiger partial charge in [-0.25, -0.2) is 13.4 Å². The lowest BCUT2D eigenvalue weighted by Gasteiger charge is -2.31. The Morgan fingerprint density at radius 1 is 1.00 bits per heavy atom. The molecule has 2 heterocycles. The summed E-state index contributed by atoms with van der Waals surface area (Å²) in [4.78, 5) is 19.8. The van der Waals surface area contributed by atoms with Gasteiger partial charge in [0.25, 0.3) is 5.91 Å². The molecule has 0 spiro atoms. The maximum atomic E-state index is 13.1. The summed E-state index contributed by atoms with van der Waals surface area (Å²) in [5.41, 5.74) is 1.22. The van der Waals surface area contributed by atoms with Crippen molar-refractivity contribution in [3.8, 4) is 0 Å². The number of carbonyl (C=O) groups excluding carboxylic acids is 1. The molecular formula is C23H22N4O3S2. The number of benzene rings is 3. The molecule has 5 rings (SSSR count). The molecule has 7 nitrogen and oxygen atoms in total. The van der Waals surface area contributed by atoms with Gasteiger partial charge >= 0.3 is 0 Å². The Hall–Kier alpha value is -2.85. The van der Waals surface area contributed by atoms with Crippen LogP contribution in [-0.2, 0) is 10.0 Å². The number of nitrogens with zero attached hydrogens (tertiary/aromatic N) is 3. The summed E-state index contributed by atoms with van der Waals surface area (Å²) >= 11 is 1.27. The second-order valence-corrected chi connectivity index (χ2v) is 10.8. The summed E-state index contributed by atoms with van der Waals surface area (Å²) < 4.78 is 28.3. The van der Waals surface area contributed by atoms with Crippen LogP contribution in [0, 0.1) is 0 Å². The highest BCUT2D eigenvalue weighted by atomic mass is 32.2. The summed E-state index contributed by atoms with van der Waals surface area (Å²) in [6, 6.07) is 18.3. The standard InChI is InChI=1S/C23H22N4O3S2/c1-26-11-13-27(14-12-26)32(29,30)17-9-10-20-21(15-17)31-23(24-20)25-22(28)19-8-4-6-16-5-2-3-7-18(16)19/h2-10,15H,11-14H2,1H3,(H,24,25,28). The van der Waals surface area contributed by atoms with Gasteiger partial charge < -0.3 is 4.90 Å². The van der Waals surface area contributed by atoms with Gasteiger partial charge in [-0.3, -0.25) is 10.1 Å². The number of piperazine rings is 1. The number of anilines is 1. The first-order valence-electron chi connectivity index (χ1n) is 10.3. The molecule has 0 atom stereocenters. The van der Waals surface area contributed by atoms with Gasteiger partial charge in [0.2, 0.25) is 10.0 Å². The number of sulfonamides is 1. The van der Waals surface area contributed by atoms with Gasteiger partial charge in [-0.2, -0.15) is 4.31 Å². The Morgan fingerprint density at radius 2 is 1.75 bits per heavy atom. The van der Waals surface area contributed by atoms with Gasteiger partial charge in [0.15, 0.2) is 5.13 Å². The molecule has 0 saturated carbocycles. The maximum absolute atomic E-state index is 13.1. The molecule has 0 unspecified atom stereocenters. The van der Waals surface area contributed by atoms with Crippen molar-refractivity contribution in [2.75, 3.05) is 38.5 Å². The van der Waals surface area contributed by atoms with E-state index in [1.807, 2.05) is 43.4 Å². The number of hydrogen-bond acceptors (Lipinski definition) is 6. The van der Waals surface area contributed by atoms with E-state index in [2.05, 4.69) is 15.2 Å². The van der Waals surface area contributed by atoms with E-state index >= 15 is 0 Å². The summed E-state index contributed by atoms with van der Waals surface area (Å²) in [5, 5.41) is 5.17. The smallest absolute Gasteiger partial charge is 0.258 e. The minimum atomic E-state index is -3.56. The fraction of sp³-hybridized carbons (Fsp3) is 0.217. The van der Waals surface area contributed by atoms with E-state index in [0.717, 1.165) is 10.8 Å². The predicted molar refractivity (Wildman–Crippen MR) is 128 cm³/mol. The van der Waals surface area contributed by atoms with Crippen molar-refractivity contribution in [1.29, 1.82) is 0 Å². The SMILES string of the molecule is CN1CCN(S(=O)(=O)c2ccc3nc(NC(=O)c4cccc5ccccc45)sc3c2)CC1. The summed E-state index contributed by atoms with van der Waals surface area (Å²) in [5.74, 6) is -0.244. The minimum absolute atomic E-state index is 0.244. The second kappa shape index (κ2) is 8.25. The number of thiazole rings is 1. The van der Waals surface area contributed by atoms with Crippen LogP contribution in [0.1, 0.15) is 10.4 Å². The lowest BCUT2D eigenvalue weighted by Crippen LogP contribution is -2.46. The van der Waals surface area contributed by atoms with Gasteiger partial charge in [0.05, 0.1) is 15.1 Å². The molecule has 1 amide bonds. The van der Waals surface area contributed by atoms with Crippen molar-refractivity contribution >= 4 is 53.4 Å². The van der Waals surface area contributed by atoms with Crippen molar-refractivity contribution in [2.45, 2.75) is 4.90 Å². The molecule has 164 valence electrons. The molecule has 9 heteroatoms. The zero-order valence-corrected chi connectivity index (χ0v) is 19.1. The van der Waals surface area contributed by atoms with E-state index in [-0.39, 0.29) is 10.8 Å². The molecule has 3 aromatic carbocycles. The summed E-state index contributed by atoms with van der Waals surface area (Å²) in [7, 11) is -1.57. The number of nitrogens with one attached hydrogen (secondary N) is 1. The van der Waals surface area contributed by atoms with E-state index in [4.69, 9.17) is 0 Å². The van der Waals surface area contributed by atoms with Crippen molar-refractivity contribution in [3.63, 3.8) is 0 Å². The van der Waals surface area contributed by atoms with E-state index in [0.29, 0.717) is 47.1 Å². The van der Waals surface area contributed by atoms with Crippen LogP contribution in [0.4, 0.5) is 5.13 Å². The average molecular weight is 467 g/mol. The Labute approximate surface area is 190 Å². The van der Waals surface area contributed by atoms with E-state index in [9.17, 15) is 13.2 Å². The van der Waals surface area contributed by atoms with Gasteiger partial charge in [0.1, 0.15) is 0 Å². The van der Waals surface area contributed by atoms with Crippen molar-refractivity contribution < 1.29 is 13.2 Å². The molecule has 1 aliphatic heterocycles. The predicted octanol–water partition coefficient (Wildman–Crippen LogP) is 3.64. The molecule has 0 radical (unpaired) electrons. The summed E-state index contributed by atoms with van der Waals surface area (Å²) in [6.45, 7) is 2.39. The van der Waals surface area contributed by atoms with Crippen molar-refractivity contribution in [1.82, 2.24) is 14.2 Å². The van der Waals surface area contributed by atoms with Crippen LogP contribution in [0.3, 0.4) is 0 Å². The second-order valence-electron chi connectivity index (χ2n) is 7.84. The molecular weight excluding hydrogens is 444 g/mol. The molecule has 0 bridgehead atoms. The Morgan fingerprint density at radius 3 is 2.56 bits per heavy atom. The zero-order valence-electron chi connectivity index (χ0n) is 17.5. The zero-order chi connectivity index (χ0) is 22.3. The molecule has 1 N–H and O–H groups in total. The highest BCUT2D eigenvalue weighted by Gasteiger charge is 2.28. The van der Waals surface area contributed by atoms with Crippen molar-refractivity contribution in [2.24, 2.45) is 0 Å². The van der Waals surface area contributed by atoms with Crippen LogP contribution in [0.15, 0.2) is 65.6 Å². The minimum Gasteiger partial charge on any atom is -0.304 e. The van der Waals surface area contributed by atoms with Crippen LogP contribution < -0.4 is 5.32 Å². The molecule has 4 aromatic rings. The van der Waals surface area contributed by atoms with Gasteiger partial charge in [0, 0.05) is 31.7 Å². The number of rotatable bonds is 4. The van der Waals surface area contributed by atoms with Crippen LogP contribution >= 0.6 is 11.3 Å². The third-order valence-electron chi connectivity index (χ3n) is 5.71. The Kier molecular flexibility index (Phi) is 5.42. The number of hydrogen-bond donors (Lipinski definition) is 1. The highest BCUT2D eigenvalue weighted by Crippen LogP contribution is 2.30. The molecule has 32 heavy (non-hydrogen) atoms. The highest BCUT2D eigenvalue weighted by molar-refractivity contribution is 7.89. The van der Waals surface area contributed by atoms with E-state index < -0.39 is 10.0 Å². The third kappa shape index (κ3) is 3.88. The lowest BCUT2D eigenvalue weighted by atomic mass is 10.0. The Balaban J connectivity index is 1.41.